The van der Waals surface area contributed by atoms with Gasteiger partial charge < -0.3 is 15.2 Å². The van der Waals surface area contributed by atoms with E-state index in [4.69, 9.17) is 0 Å². The standard InChI is InChI=1S/C27H27F3N6O2/c1-4-36(5-2)12-11-31-25(37)19-15-20-24(35-26(19)38)34-22(17-9-7-6-8-10-17)23(33-20)18-13-16(3)32-21(14-18)27(28,29)30/h6-10,13-15H,4-5,11-12H2,1-3H3,(H,31,37)(H,34,35,38). The number of benzene rings is 1. The van der Waals surface area contributed by atoms with Crippen LogP contribution in [0.15, 0.2) is 53.3 Å². The van der Waals surface area contributed by atoms with Crippen LogP contribution in [0.1, 0.15) is 35.6 Å². The highest BCUT2D eigenvalue weighted by atomic mass is 19.4. The summed E-state index contributed by atoms with van der Waals surface area (Å²) in [6.45, 7) is 8.12. The second-order valence-corrected chi connectivity index (χ2v) is 8.70. The van der Waals surface area contributed by atoms with Crippen molar-refractivity contribution in [1.82, 2.24) is 30.2 Å². The van der Waals surface area contributed by atoms with Crippen molar-refractivity contribution in [2.75, 3.05) is 26.2 Å². The molecule has 3 aromatic heterocycles. The summed E-state index contributed by atoms with van der Waals surface area (Å²) in [7, 11) is 0. The summed E-state index contributed by atoms with van der Waals surface area (Å²) in [5.41, 5.74) is -0.217. The zero-order valence-electron chi connectivity index (χ0n) is 21.2. The Morgan fingerprint density at radius 2 is 1.66 bits per heavy atom. The number of likely N-dealkylation sites (N-methyl/N-ethyl adjacent to an activating group) is 1. The monoisotopic (exact) mass is 524 g/mol. The first-order valence-corrected chi connectivity index (χ1v) is 12.2. The molecule has 1 amide bonds. The number of aromatic nitrogens is 4. The van der Waals surface area contributed by atoms with E-state index >= 15 is 0 Å². The van der Waals surface area contributed by atoms with Crippen molar-refractivity contribution in [1.29, 1.82) is 0 Å². The Morgan fingerprint density at radius 3 is 2.32 bits per heavy atom. The van der Waals surface area contributed by atoms with Gasteiger partial charge in [-0.15, -0.1) is 0 Å². The molecule has 0 unspecified atom stereocenters. The molecule has 0 fully saturated rings. The number of carbonyl (C=O) groups is 1. The highest BCUT2D eigenvalue weighted by molar-refractivity contribution is 5.96. The van der Waals surface area contributed by atoms with Crippen LogP contribution in [0.5, 0.6) is 0 Å². The van der Waals surface area contributed by atoms with Crippen LogP contribution in [-0.4, -0.2) is 56.9 Å². The molecule has 0 bridgehead atoms. The number of nitrogens with zero attached hydrogens (tertiary/aromatic N) is 4. The number of nitrogens with one attached hydrogen (secondary N) is 2. The predicted molar refractivity (Wildman–Crippen MR) is 139 cm³/mol. The van der Waals surface area contributed by atoms with Crippen LogP contribution in [-0.2, 0) is 6.18 Å². The van der Waals surface area contributed by atoms with Crippen molar-refractivity contribution in [3.05, 3.63) is 75.8 Å². The molecule has 38 heavy (non-hydrogen) atoms. The van der Waals surface area contributed by atoms with Gasteiger partial charge in [0.2, 0.25) is 0 Å². The van der Waals surface area contributed by atoms with Gasteiger partial charge in [-0.2, -0.15) is 13.2 Å². The van der Waals surface area contributed by atoms with Crippen LogP contribution in [0.3, 0.4) is 0 Å². The number of fused-ring (bicyclic) bond motifs is 1. The average Bonchev–Trinajstić information content (AvgIpc) is 2.89. The number of hydrogen-bond donors (Lipinski definition) is 2. The molecule has 198 valence electrons. The fraction of sp³-hybridized carbons (Fsp3) is 0.296. The summed E-state index contributed by atoms with van der Waals surface area (Å²) < 4.78 is 40.6. The Labute approximate surface area is 217 Å². The third kappa shape index (κ3) is 5.88. The summed E-state index contributed by atoms with van der Waals surface area (Å²) in [5, 5.41) is 2.74. The maximum Gasteiger partial charge on any atom is 0.433 e. The van der Waals surface area contributed by atoms with Crippen molar-refractivity contribution >= 4 is 17.1 Å². The molecule has 2 N–H and O–H groups in total. The van der Waals surface area contributed by atoms with E-state index in [0.29, 0.717) is 18.7 Å². The number of H-pyrrole nitrogens is 1. The molecule has 0 saturated carbocycles. The SMILES string of the molecule is CCN(CC)CCNC(=O)c1cc2nc(-c3cc(C)nc(C(F)(F)F)c3)c(-c3ccccc3)nc2[nH]c1=O. The maximum atomic E-state index is 13.5. The van der Waals surface area contributed by atoms with E-state index in [9.17, 15) is 22.8 Å². The lowest BCUT2D eigenvalue weighted by Crippen LogP contribution is -2.36. The van der Waals surface area contributed by atoms with Gasteiger partial charge in [0.1, 0.15) is 16.8 Å². The van der Waals surface area contributed by atoms with E-state index < -0.39 is 23.3 Å². The zero-order chi connectivity index (χ0) is 27.4. The van der Waals surface area contributed by atoms with E-state index in [2.05, 4.69) is 30.2 Å². The molecule has 0 spiro atoms. The van der Waals surface area contributed by atoms with Gasteiger partial charge in [-0.3, -0.25) is 9.59 Å². The second-order valence-electron chi connectivity index (χ2n) is 8.70. The third-order valence-electron chi connectivity index (χ3n) is 6.10. The Hall–Kier alpha value is -4.12. The number of amides is 1. The Bertz CT molecular complexity index is 1520. The highest BCUT2D eigenvalue weighted by Gasteiger charge is 2.33. The van der Waals surface area contributed by atoms with Gasteiger partial charge in [0, 0.05) is 29.9 Å². The number of aromatic amines is 1. The predicted octanol–water partition coefficient (Wildman–Crippen LogP) is 4.45. The quantitative estimate of drug-likeness (QED) is 0.353. The van der Waals surface area contributed by atoms with E-state index in [1.165, 1.54) is 19.1 Å². The number of pyridine rings is 2. The fourth-order valence-corrected chi connectivity index (χ4v) is 4.10. The summed E-state index contributed by atoms with van der Waals surface area (Å²) in [6, 6.07) is 12.5. The Balaban J connectivity index is 1.83. The lowest BCUT2D eigenvalue weighted by atomic mass is 10.0. The minimum Gasteiger partial charge on any atom is -0.351 e. The minimum atomic E-state index is -4.65. The molecule has 4 aromatic rings. The van der Waals surface area contributed by atoms with Crippen LogP contribution in [0, 0.1) is 6.92 Å². The molecule has 8 nitrogen and oxygen atoms in total. The summed E-state index contributed by atoms with van der Waals surface area (Å²) in [5.74, 6) is -0.574. The topological polar surface area (TPSA) is 104 Å². The highest BCUT2D eigenvalue weighted by Crippen LogP contribution is 2.35. The largest absolute Gasteiger partial charge is 0.433 e. The molecule has 0 aliphatic carbocycles. The van der Waals surface area contributed by atoms with Crippen LogP contribution >= 0.6 is 0 Å². The number of carbonyl (C=O) groups excluding carboxylic acids is 1. The minimum absolute atomic E-state index is 0.110. The summed E-state index contributed by atoms with van der Waals surface area (Å²) >= 11 is 0. The lowest BCUT2D eigenvalue weighted by Gasteiger charge is -2.17. The first-order valence-electron chi connectivity index (χ1n) is 12.2. The van der Waals surface area contributed by atoms with E-state index in [-0.39, 0.29) is 39.4 Å². The van der Waals surface area contributed by atoms with Gasteiger partial charge in [-0.1, -0.05) is 44.2 Å². The number of halogens is 3. The zero-order valence-corrected chi connectivity index (χ0v) is 21.2. The van der Waals surface area contributed by atoms with Crippen molar-refractivity contribution < 1.29 is 18.0 Å². The van der Waals surface area contributed by atoms with Gasteiger partial charge in [-0.25, -0.2) is 15.0 Å². The fourth-order valence-electron chi connectivity index (χ4n) is 4.10. The first-order chi connectivity index (χ1) is 18.1. The van der Waals surface area contributed by atoms with Gasteiger partial charge in [0.25, 0.3) is 11.5 Å². The van der Waals surface area contributed by atoms with Gasteiger partial charge in [0.15, 0.2) is 5.65 Å². The van der Waals surface area contributed by atoms with Crippen molar-refractivity contribution in [2.24, 2.45) is 0 Å². The molecule has 0 radical (unpaired) electrons. The van der Waals surface area contributed by atoms with Crippen LogP contribution in [0.2, 0.25) is 0 Å². The van der Waals surface area contributed by atoms with Gasteiger partial charge in [0.05, 0.1) is 11.4 Å². The van der Waals surface area contributed by atoms with Crippen molar-refractivity contribution in [3.8, 4) is 22.5 Å². The number of alkyl halides is 3. The van der Waals surface area contributed by atoms with E-state index in [1.807, 2.05) is 13.8 Å². The molecule has 0 aliphatic rings. The molecule has 0 atom stereocenters. The third-order valence-corrected chi connectivity index (χ3v) is 6.10. The normalized spacial score (nSPS) is 11.8. The van der Waals surface area contributed by atoms with Crippen LogP contribution in [0.25, 0.3) is 33.7 Å². The van der Waals surface area contributed by atoms with Crippen LogP contribution in [0.4, 0.5) is 13.2 Å². The molecular formula is C27H27F3N6O2. The summed E-state index contributed by atoms with van der Waals surface area (Å²) in [4.78, 5) is 43.0. The second kappa shape index (κ2) is 11.1. The molecule has 1 aromatic carbocycles. The van der Waals surface area contributed by atoms with Crippen molar-refractivity contribution in [2.45, 2.75) is 26.9 Å². The van der Waals surface area contributed by atoms with Crippen LogP contribution < -0.4 is 10.9 Å². The van der Waals surface area contributed by atoms with E-state index in [1.54, 1.807) is 30.3 Å². The maximum absolute atomic E-state index is 13.5. The van der Waals surface area contributed by atoms with E-state index in [0.717, 1.165) is 19.2 Å². The number of rotatable bonds is 8. The Morgan fingerprint density at radius 1 is 0.974 bits per heavy atom. The average molecular weight is 525 g/mol. The molecule has 4 rings (SSSR count). The molecule has 0 aliphatic heterocycles. The number of hydrogen-bond acceptors (Lipinski definition) is 6. The first kappa shape index (κ1) is 26.9. The summed E-state index contributed by atoms with van der Waals surface area (Å²) in [6.07, 6.45) is -4.65. The lowest BCUT2D eigenvalue weighted by molar-refractivity contribution is -0.141. The van der Waals surface area contributed by atoms with Gasteiger partial charge >= 0.3 is 6.18 Å². The Kier molecular flexibility index (Phi) is 7.86. The molecule has 0 saturated heterocycles. The number of aryl methyl sites for hydroxylation is 1. The molecular weight excluding hydrogens is 497 g/mol. The smallest absolute Gasteiger partial charge is 0.351 e. The van der Waals surface area contributed by atoms with Gasteiger partial charge in [-0.05, 0) is 38.2 Å². The molecule has 11 heteroatoms. The van der Waals surface area contributed by atoms with Crippen molar-refractivity contribution in [3.63, 3.8) is 0 Å². The molecule has 3 heterocycles.